The van der Waals surface area contributed by atoms with Crippen molar-refractivity contribution < 1.29 is 28.9 Å². The van der Waals surface area contributed by atoms with Gasteiger partial charge in [-0.25, -0.2) is 14.6 Å². The number of esters is 1. The van der Waals surface area contributed by atoms with Gasteiger partial charge in [-0.05, 0) is 62.2 Å². The van der Waals surface area contributed by atoms with Gasteiger partial charge in [-0.3, -0.25) is 9.36 Å². The summed E-state index contributed by atoms with van der Waals surface area (Å²) in [5.74, 6) is -0.617. The van der Waals surface area contributed by atoms with Crippen molar-refractivity contribution in [1.82, 2.24) is 4.57 Å². The first-order chi connectivity index (χ1) is 18.8. The minimum Gasteiger partial charge on any atom is -0.490 e. The summed E-state index contributed by atoms with van der Waals surface area (Å²) in [6, 6.07) is 10.7. The number of fused-ring (bicyclic) bond motifs is 1. The van der Waals surface area contributed by atoms with Crippen molar-refractivity contribution in [3.05, 3.63) is 103 Å². The Morgan fingerprint density at radius 1 is 1.10 bits per heavy atom. The second kappa shape index (κ2) is 12.0. The third-order valence-electron chi connectivity index (χ3n) is 5.91. The fraction of sp³-hybridized carbons (Fsp3) is 0.241. The Hall–Kier alpha value is -4.44. The molecule has 3 aromatic rings. The van der Waals surface area contributed by atoms with E-state index in [2.05, 4.69) is 11.6 Å². The molecule has 1 atom stereocenters. The smallest absolute Gasteiger partial charge is 0.338 e. The van der Waals surface area contributed by atoms with Crippen molar-refractivity contribution in [1.29, 1.82) is 0 Å². The van der Waals surface area contributed by atoms with Crippen LogP contribution in [0.25, 0.3) is 6.08 Å². The van der Waals surface area contributed by atoms with Gasteiger partial charge in [-0.2, -0.15) is 0 Å². The molecule has 2 aromatic carbocycles. The number of carboxylic acids is 1. The molecule has 0 saturated carbocycles. The van der Waals surface area contributed by atoms with E-state index in [4.69, 9.17) is 19.3 Å². The molecule has 202 valence electrons. The van der Waals surface area contributed by atoms with Gasteiger partial charge < -0.3 is 19.3 Å². The first-order valence-electron chi connectivity index (χ1n) is 12.3. The lowest BCUT2D eigenvalue weighted by Gasteiger charge is -2.25. The molecule has 0 aliphatic carbocycles. The van der Waals surface area contributed by atoms with E-state index in [0.717, 1.165) is 0 Å². The fourth-order valence-corrected chi connectivity index (χ4v) is 5.26. The van der Waals surface area contributed by atoms with Crippen LogP contribution in [0.1, 0.15) is 48.3 Å². The second-order valence-corrected chi connectivity index (χ2v) is 9.48. The first kappa shape index (κ1) is 27.6. The summed E-state index contributed by atoms with van der Waals surface area (Å²) in [4.78, 5) is 43.1. The molecule has 1 aromatic heterocycles. The number of nitrogens with zero attached hydrogens (tertiary/aromatic N) is 2. The number of aromatic nitrogens is 1. The number of rotatable bonds is 10. The normalized spacial score (nSPS) is 14.8. The van der Waals surface area contributed by atoms with Gasteiger partial charge >= 0.3 is 11.9 Å². The van der Waals surface area contributed by atoms with Crippen LogP contribution in [0.4, 0.5) is 0 Å². The van der Waals surface area contributed by atoms with Crippen LogP contribution in [0.3, 0.4) is 0 Å². The number of carboxylic acid groups (broad SMARTS) is 1. The van der Waals surface area contributed by atoms with Gasteiger partial charge in [0, 0.05) is 0 Å². The molecule has 0 spiro atoms. The summed E-state index contributed by atoms with van der Waals surface area (Å²) >= 11 is 1.18. The van der Waals surface area contributed by atoms with E-state index in [0.29, 0.717) is 44.3 Å². The summed E-state index contributed by atoms with van der Waals surface area (Å²) in [6.07, 6.45) is 3.30. The molecular formula is C29H28N2O7S. The quantitative estimate of drug-likeness (QED) is 0.305. The third kappa shape index (κ3) is 5.70. The maximum Gasteiger partial charge on any atom is 0.338 e. The molecule has 1 aliphatic rings. The summed E-state index contributed by atoms with van der Waals surface area (Å²) in [5, 5.41) is 9.17. The molecular weight excluding hydrogens is 520 g/mol. The van der Waals surface area contributed by atoms with Crippen molar-refractivity contribution in [2.75, 3.05) is 19.8 Å². The van der Waals surface area contributed by atoms with E-state index >= 15 is 0 Å². The lowest BCUT2D eigenvalue weighted by atomic mass is 9.95. The zero-order valence-corrected chi connectivity index (χ0v) is 22.6. The molecule has 9 nitrogen and oxygen atoms in total. The number of allylic oxidation sites excluding steroid dienone is 1. The van der Waals surface area contributed by atoms with Gasteiger partial charge in [-0.15, -0.1) is 0 Å². The van der Waals surface area contributed by atoms with Crippen LogP contribution in [0, 0.1) is 0 Å². The van der Waals surface area contributed by atoms with E-state index in [1.807, 2.05) is 6.92 Å². The highest BCUT2D eigenvalue weighted by Crippen LogP contribution is 2.36. The Morgan fingerprint density at radius 2 is 1.85 bits per heavy atom. The van der Waals surface area contributed by atoms with E-state index in [1.54, 1.807) is 56.3 Å². The summed E-state index contributed by atoms with van der Waals surface area (Å²) in [5.41, 5.74) is 1.79. The molecule has 0 fully saturated rings. The average molecular weight is 549 g/mol. The number of hydrogen-bond acceptors (Lipinski definition) is 8. The van der Waals surface area contributed by atoms with Crippen molar-refractivity contribution >= 4 is 29.4 Å². The lowest BCUT2D eigenvalue weighted by molar-refractivity contribution is -0.139. The Morgan fingerprint density at radius 3 is 2.49 bits per heavy atom. The van der Waals surface area contributed by atoms with Crippen LogP contribution in [-0.4, -0.2) is 41.4 Å². The number of ether oxygens (including phenoxy) is 3. The molecule has 1 aliphatic heterocycles. The number of carbonyl (C=O) groups is 2. The maximum atomic E-state index is 13.8. The maximum absolute atomic E-state index is 13.8. The molecule has 4 rings (SSSR count). The Kier molecular flexibility index (Phi) is 8.46. The summed E-state index contributed by atoms with van der Waals surface area (Å²) < 4.78 is 18.8. The first-order valence-corrected chi connectivity index (χ1v) is 13.1. The predicted molar refractivity (Wildman–Crippen MR) is 147 cm³/mol. The Balaban J connectivity index is 1.91. The van der Waals surface area contributed by atoms with E-state index in [1.165, 1.54) is 28.0 Å². The molecule has 0 bridgehead atoms. The van der Waals surface area contributed by atoms with E-state index in [9.17, 15) is 14.4 Å². The molecule has 0 unspecified atom stereocenters. The van der Waals surface area contributed by atoms with E-state index < -0.39 is 18.0 Å². The fourth-order valence-electron chi connectivity index (χ4n) is 4.21. The topological polar surface area (TPSA) is 116 Å². The van der Waals surface area contributed by atoms with Gasteiger partial charge in [0.1, 0.15) is 6.61 Å². The van der Waals surface area contributed by atoms with Gasteiger partial charge in [0.2, 0.25) is 0 Å². The molecule has 0 saturated heterocycles. The lowest BCUT2D eigenvalue weighted by Crippen LogP contribution is -2.40. The second-order valence-electron chi connectivity index (χ2n) is 8.47. The molecule has 10 heteroatoms. The minimum atomic E-state index is -1.03. The monoisotopic (exact) mass is 548 g/mol. The Bertz CT molecular complexity index is 1630. The van der Waals surface area contributed by atoms with Crippen molar-refractivity contribution in [3.8, 4) is 11.5 Å². The summed E-state index contributed by atoms with van der Waals surface area (Å²) in [7, 11) is 0. The van der Waals surface area contributed by atoms with Crippen LogP contribution in [-0.2, 0) is 9.53 Å². The highest BCUT2D eigenvalue weighted by molar-refractivity contribution is 7.07. The number of benzene rings is 2. The SMILES string of the molecule is C=CCOc1ccc([C@H]2C(C(=O)OCC)=C(C)N=c3s/c(=C\c4ccc(C(=O)O)cc4)c(=O)n32)cc1OCC. The highest BCUT2D eigenvalue weighted by atomic mass is 32.1. The van der Waals surface area contributed by atoms with Crippen LogP contribution < -0.4 is 24.4 Å². The average Bonchev–Trinajstić information content (AvgIpc) is 3.21. The number of thiazole rings is 1. The molecule has 39 heavy (non-hydrogen) atoms. The number of aromatic carboxylic acids is 1. The van der Waals surface area contributed by atoms with Crippen LogP contribution in [0.2, 0.25) is 0 Å². The van der Waals surface area contributed by atoms with E-state index in [-0.39, 0.29) is 29.9 Å². The number of hydrogen-bond donors (Lipinski definition) is 1. The van der Waals surface area contributed by atoms with Crippen molar-refractivity contribution in [2.45, 2.75) is 26.8 Å². The highest BCUT2D eigenvalue weighted by Gasteiger charge is 2.34. The summed E-state index contributed by atoms with van der Waals surface area (Å²) in [6.45, 7) is 9.79. The largest absolute Gasteiger partial charge is 0.490 e. The number of carbonyl (C=O) groups excluding carboxylic acids is 1. The molecule has 0 radical (unpaired) electrons. The standard InChI is InChI=1S/C29H28N2O7S/c1-5-14-38-21-13-12-20(16-22(21)36-6-2)25-24(28(35)37-7-3)17(4)30-29-31(25)26(32)23(39-29)15-18-8-10-19(11-9-18)27(33)34/h5,8-13,15-16,25H,1,6-7,14H2,2-4H3,(H,33,34)/b23-15-/t25-/m0/s1. The third-order valence-corrected chi connectivity index (χ3v) is 6.90. The predicted octanol–water partition coefficient (Wildman–Crippen LogP) is 3.46. The van der Waals surface area contributed by atoms with Crippen LogP contribution in [0.15, 0.2) is 76.2 Å². The van der Waals surface area contributed by atoms with Crippen LogP contribution in [0.5, 0.6) is 11.5 Å². The minimum absolute atomic E-state index is 0.147. The van der Waals surface area contributed by atoms with Gasteiger partial charge in [-0.1, -0.05) is 42.2 Å². The molecule has 1 N–H and O–H groups in total. The van der Waals surface area contributed by atoms with Crippen LogP contribution >= 0.6 is 11.3 Å². The van der Waals surface area contributed by atoms with Gasteiger partial charge in [0.05, 0.1) is 40.6 Å². The zero-order chi connectivity index (χ0) is 28.1. The van der Waals surface area contributed by atoms with Crippen molar-refractivity contribution in [2.24, 2.45) is 4.99 Å². The van der Waals surface area contributed by atoms with Gasteiger partial charge in [0.25, 0.3) is 5.56 Å². The van der Waals surface area contributed by atoms with Crippen molar-refractivity contribution in [3.63, 3.8) is 0 Å². The molecule has 2 heterocycles. The van der Waals surface area contributed by atoms with Gasteiger partial charge in [0.15, 0.2) is 16.3 Å². The zero-order valence-electron chi connectivity index (χ0n) is 21.8. The Labute approximate surface area is 228 Å². The molecule has 0 amide bonds.